The molecule has 0 saturated heterocycles. The van der Waals surface area contributed by atoms with Crippen molar-refractivity contribution in [3.8, 4) is 17.1 Å². The van der Waals surface area contributed by atoms with Gasteiger partial charge in [0, 0.05) is 11.1 Å². The number of hydrogen-bond acceptors (Lipinski definition) is 5. The van der Waals surface area contributed by atoms with Gasteiger partial charge in [-0.15, -0.1) is 0 Å². The van der Waals surface area contributed by atoms with E-state index in [1.54, 1.807) is 74.7 Å². The fourth-order valence-electron chi connectivity index (χ4n) is 2.59. The van der Waals surface area contributed by atoms with Crippen LogP contribution in [0.15, 0.2) is 71.2 Å². The number of ether oxygens (including phenoxy) is 2. The largest absolute Gasteiger partial charge is 0.497 e. The van der Waals surface area contributed by atoms with Crippen molar-refractivity contribution in [3.05, 3.63) is 83.6 Å². The number of benzene rings is 2. The fraction of sp³-hybridized carbons (Fsp3) is 0.130. The summed E-state index contributed by atoms with van der Waals surface area (Å²) in [6, 6.07) is 17.5. The van der Waals surface area contributed by atoms with Crippen LogP contribution in [0.2, 0.25) is 0 Å². The molecule has 2 aromatic carbocycles. The van der Waals surface area contributed by atoms with Gasteiger partial charge >= 0.3 is 5.97 Å². The van der Waals surface area contributed by atoms with Gasteiger partial charge in [0.25, 0.3) is 0 Å². The third kappa shape index (κ3) is 4.57. The standard InChI is InChI=1S/C23H20O5/c1-3-27-23(25)18-6-4-17(5-7-18)22-15-13-20(28-22)12-14-21(24)16-8-10-19(26-2)11-9-16/h4-15H,3H2,1-2H3/b14-12+. The minimum atomic E-state index is -0.353. The summed E-state index contributed by atoms with van der Waals surface area (Å²) in [5.41, 5.74) is 1.88. The first-order valence-electron chi connectivity index (χ1n) is 8.84. The minimum Gasteiger partial charge on any atom is -0.497 e. The fourth-order valence-corrected chi connectivity index (χ4v) is 2.59. The van der Waals surface area contributed by atoms with Crippen molar-refractivity contribution >= 4 is 17.8 Å². The predicted octanol–water partition coefficient (Wildman–Crippen LogP) is 5.03. The van der Waals surface area contributed by atoms with Crippen LogP contribution in [0.25, 0.3) is 17.4 Å². The van der Waals surface area contributed by atoms with Crippen molar-refractivity contribution in [2.45, 2.75) is 6.92 Å². The first-order valence-corrected chi connectivity index (χ1v) is 8.84. The summed E-state index contributed by atoms with van der Waals surface area (Å²) in [4.78, 5) is 23.9. The van der Waals surface area contributed by atoms with Crippen LogP contribution in [-0.4, -0.2) is 25.5 Å². The summed E-state index contributed by atoms with van der Waals surface area (Å²) in [5.74, 6) is 1.43. The molecule has 3 aromatic rings. The monoisotopic (exact) mass is 376 g/mol. The highest BCUT2D eigenvalue weighted by Crippen LogP contribution is 2.23. The molecule has 1 aromatic heterocycles. The van der Waals surface area contributed by atoms with Crippen LogP contribution in [0, 0.1) is 0 Å². The maximum Gasteiger partial charge on any atom is 0.338 e. The zero-order valence-electron chi connectivity index (χ0n) is 15.7. The second kappa shape index (κ2) is 8.86. The van der Waals surface area contributed by atoms with Crippen molar-refractivity contribution in [1.29, 1.82) is 0 Å². The summed E-state index contributed by atoms with van der Waals surface area (Å²) in [6.45, 7) is 2.10. The van der Waals surface area contributed by atoms with Crippen molar-refractivity contribution in [2.75, 3.05) is 13.7 Å². The topological polar surface area (TPSA) is 65.7 Å². The van der Waals surface area contributed by atoms with E-state index in [1.165, 1.54) is 6.08 Å². The summed E-state index contributed by atoms with van der Waals surface area (Å²) < 4.78 is 15.8. The number of furan rings is 1. The number of ketones is 1. The van der Waals surface area contributed by atoms with E-state index in [2.05, 4.69) is 0 Å². The van der Waals surface area contributed by atoms with Gasteiger partial charge in [0.05, 0.1) is 19.3 Å². The molecule has 0 amide bonds. The lowest BCUT2D eigenvalue weighted by Crippen LogP contribution is -2.03. The SMILES string of the molecule is CCOC(=O)c1ccc(-c2ccc(/C=C/C(=O)c3ccc(OC)cc3)o2)cc1. The Labute approximate surface area is 163 Å². The maximum absolute atomic E-state index is 12.2. The van der Waals surface area contributed by atoms with Crippen LogP contribution in [0.3, 0.4) is 0 Å². The second-order valence-corrected chi connectivity index (χ2v) is 5.93. The smallest absolute Gasteiger partial charge is 0.338 e. The number of carbonyl (C=O) groups excluding carboxylic acids is 2. The Morgan fingerprint density at radius 1 is 0.929 bits per heavy atom. The molecule has 0 bridgehead atoms. The lowest BCUT2D eigenvalue weighted by molar-refractivity contribution is 0.0526. The molecule has 0 fully saturated rings. The molecule has 1 heterocycles. The average Bonchev–Trinajstić information content (AvgIpc) is 3.21. The maximum atomic E-state index is 12.2. The van der Waals surface area contributed by atoms with Crippen molar-refractivity contribution < 1.29 is 23.5 Å². The van der Waals surface area contributed by atoms with Gasteiger partial charge in [0.15, 0.2) is 5.78 Å². The molecule has 0 aliphatic carbocycles. The molecular formula is C23H20O5. The van der Waals surface area contributed by atoms with Gasteiger partial charge in [-0.2, -0.15) is 0 Å². The lowest BCUT2D eigenvalue weighted by Gasteiger charge is -2.02. The molecule has 0 aliphatic rings. The van der Waals surface area contributed by atoms with E-state index < -0.39 is 0 Å². The first-order chi connectivity index (χ1) is 13.6. The van der Waals surface area contributed by atoms with E-state index in [0.29, 0.717) is 35.0 Å². The normalized spacial score (nSPS) is 10.8. The number of carbonyl (C=O) groups is 2. The molecule has 0 aliphatic heterocycles. The molecule has 28 heavy (non-hydrogen) atoms. The van der Waals surface area contributed by atoms with Crippen LogP contribution >= 0.6 is 0 Å². The van der Waals surface area contributed by atoms with Gasteiger partial charge in [-0.05, 0) is 67.6 Å². The molecule has 0 saturated carbocycles. The van der Waals surface area contributed by atoms with E-state index in [0.717, 1.165) is 5.56 Å². The zero-order chi connectivity index (χ0) is 19.9. The van der Waals surface area contributed by atoms with Crippen LogP contribution in [-0.2, 0) is 4.74 Å². The van der Waals surface area contributed by atoms with Crippen molar-refractivity contribution in [1.82, 2.24) is 0 Å². The summed E-state index contributed by atoms with van der Waals surface area (Å²) in [7, 11) is 1.58. The van der Waals surface area contributed by atoms with Crippen LogP contribution < -0.4 is 4.74 Å². The number of hydrogen-bond donors (Lipinski definition) is 0. The van der Waals surface area contributed by atoms with Gasteiger partial charge in [0.1, 0.15) is 17.3 Å². The third-order valence-corrected chi connectivity index (χ3v) is 4.08. The van der Waals surface area contributed by atoms with E-state index >= 15 is 0 Å². The summed E-state index contributed by atoms with van der Waals surface area (Å²) in [6.07, 6.45) is 3.09. The van der Waals surface area contributed by atoms with Crippen LogP contribution in [0.4, 0.5) is 0 Å². The highest BCUT2D eigenvalue weighted by Gasteiger charge is 2.08. The number of esters is 1. The number of rotatable bonds is 7. The molecule has 0 radical (unpaired) electrons. The van der Waals surface area contributed by atoms with E-state index in [1.807, 2.05) is 6.07 Å². The average molecular weight is 376 g/mol. The van der Waals surface area contributed by atoms with Crippen LogP contribution in [0.5, 0.6) is 5.75 Å². The Hall–Kier alpha value is -3.60. The molecule has 5 nitrogen and oxygen atoms in total. The molecular weight excluding hydrogens is 356 g/mol. The van der Waals surface area contributed by atoms with E-state index in [9.17, 15) is 9.59 Å². The summed E-state index contributed by atoms with van der Waals surface area (Å²) >= 11 is 0. The Balaban J connectivity index is 1.68. The summed E-state index contributed by atoms with van der Waals surface area (Å²) in [5, 5.41) is 0. The molecule has 0 N–H and O–H groups in total. The Kier molecular flexibility index (Phi) is 6.07. The predicted molar refractivity (Wildman–Crippen MR) is 106 cm³/mol. The van der Waals surface area contributed by atoms with Gasteiger partial charge in [0.2, 0.25) is 0 Å². The minimum absolute atomic E-state index is 0.126. The molecule has 0 spiro atoms. The van der Waals surface area contributed by atoms with Gasteiger partial charge < -0.3 is 13.9 Å². The van der Waals surface area contributed by atoms with Crippen molar-refractivity contribution in [3.63, 3.8) is 0 Å². The highest BCUT2D eigenvalue weighted by molar-refractivity contribution is 6.06. The number of allylic oxidation sites excluding steroid dienone is 1. The Bertz CT molecular complexity index is 979. The van der Waals surface area contributed by atoms with Gasteiger partial charge in [-0.1, -0.05) is 12.1 Å². The van der Waals surface area contributed by atoms with E-state index in [-0.39, 0.29) is 11.8 Å². The quantitative estimate of drug-likeness (QED) is 0.329. The molecule has 3 rings (SSSR count). The van der Waals surface area contributed by atoms with Gasteiger partial charge in [-0.25, -0.2) is 4.79 Å². The zero-order valence-corrected chi connectivity index (χ0v) is 15.7. The van der Waals surface area contributed by atoms with Gasteiger partial charge in [-0.3, -0.25) is 4.79 Å². The second-order valence-electron chi connectivity index (χ2n) is 5.93. The van der Waals surface area contributed by atoms with Crippen molar-refractivity contribution in [2.24, 2.45) is 0 Å². The third-order valence-electron chi connectivity index (χ3n) is 4.08. The lowest BCUT2D eigenvalue weighted by atomic mass is 10.1. The first kappa shape index (κ1) is 19.2. The Morgan fingerprint density at radius 2 is 1.61 bits per heavy atom. The molecule has 5 heteroatoms. The van der Waals surface area contributed by atoms with E-state index in [4.69, 9.17) is 13.9 Å². The Morgan fingerprint density at radius 3 is 2.25 bits per heavy atom. The van der Waals surface area contributed by atoms with Crippen LogP contribution in [0.1, 0.15) is 33.4 Å². The molecule has 0 atom stereocenters. The molecule has 0 unspecified atom stereocenters. The molecule has 142 valence electrons. The number of methoxy groups -OCH3 is 1. The highest BCUT2D eigenvalue weighted by atomic mass is 16.5.